The van der Waals surface area contributed by atoms with Crippen LogP contribution in [0.15, 0.2) is 42.5 Å². The Hall–Kier alpha value is -1.75. The summed E-state index contributed by atoms with van der Waals surface area (Å²) in [6.07, 6.45) is 1.11. The lowest BCUT2D eigenvalue weighted by Crippen LogP contribution is -2.30. The third-order valence-corrected chi connectivity index (χ3v) is 5.20. The third kappa shape index (κ3) is 3.47. The SMILES string of the molecule is Clc1ccc(Cl)c(Cn2c(N3CCCNCC3)nc3ccccc32)c1. The molecule has 1 fully saturated rings. The normalized spacial score (nSPS) is 15.5. The zero-order valence-electron chi connectivity index (χ0n) is 13.9. The molecule has 0 unspecified atom stereocenters. The monoisotopic (exact) mass is 374 g/mol. The maximum Gasteiger partial charge on any atom is 0.206 e. The Morgan fingerprint density at radius 3 is 2.84 bits per heavy atom. The molecular formula is C19H20Cl2N4. The number of para-hydroxylation sites is 2. The first-order valence-corrected chi connectivity index (χ1v) is 9.33. The van der Waals surface area contributed by atoms with Gasteiger partial charge in [-0.2, -0.15) is 0 Å². The molecule has 25 heavy (non-hydrogen) atoms. The van der Waals surface area contributed by atoms with Crippen molar-refractivity contribution in [2.45, 2.75) is 13.0 Å². The zero-order valence-corrected chi connectivity index (χ0v) is 15.4. The molecule has 1 aliphatic rings. The van der Waals surface area contributed by atoms with E-state index >= 15 is 0 Å². The maximum absolute atomic E-state index is 6.41. The van der Waals surface area contributed by atoms with Crippen LogP contribution in [-0.4, -0.2) is 35.7 Å². The van der Waals surface area contributed by atoms with E-state index in [1.54, 1.807) is 0 Å². The van der Waals surface area contributed by atoms with Crippen molar-refractivity contribution in [3.05, 3.63) is 58.1 Å². The van der Waals surface area contributed by atoms with Crippen LogP contribution < -0.4 is 10.2 Å². The van der Waals surface area contributed by atoms with Crippen LogP contribution in [0.5, 0.6) is 0 Å². The van der Waals surface area contributed by atoms with Gasteiger partial charge in [0.2, 0.25) is 5.95 Å². The predicted molar refractivity (Wildman–Crippen MR) is 105 cm³/mol. The lowest BCUT2D eigenvalue weighted by molar-refractivity contribution is 0.722. The highest BCUT2D eigenvalue weighted by Gasteiger charge is 2.19. The number of anilines is 1. The molecule has 1 saturated heterocycles. The van der Waals surface area contributed by atoms with Gasteiger partial charge in [-0.15, -0.1) is 0 Å². The van der Waals surface area contributed by atoms with E-state index in [2.05, 4.69) is 26.9 Å². The molecule has 1 N–H and O–H groups in total. The molecule has 0 radical (unpaired) electrons. The molecule has 4 rings (SSSR count). The van der Waals surface area contributed by atoms with Crippen LogP contribution in [0.1, 0.15) is 12.0 Å². The van der Waals surface area contributed by atoms with Crippen molar-refractivity contribution in [3.8, 4) is 0 Å². The summed E-state index contributed by atoms with van der Waals surface area (Å²) in [5.41, 5.74) is 3.13. The molecule has 4 nitrogen and oxygen atoms in total. The molecule has 0 spiro atoms. The van der Waals surface area contributed by atoms with E-state index < -0.39 is 0 Å². The summed E-state index contributed by atoms with van der Waals surface area (Å²) in [4.78, 5) is 7.27. The van der Waals surface area contributed by atoms with Gasteiger partial charge in [-0.1, -0.05) is 35.3 Å². The van der Waals surface area contributed by atoms with Crippen molar-refractivity contribution in [1.82, 2.24) is 14.9 Å². The lowest BCUT2D eigenvalue weighted by atomic mass is 10.2. The first kappa shape index (κ1) is 16.7. The summed E-state index contributed by atoms with van der Waals surface area (Å²) in [5, 5.41) is 4.88. The van der Waals surface area contributed by atoms with E-state index in [9.17, 15) is 0 Å². The second-order valence-corrected chi connectivity index (χ2v) is 7.16. The van der Waals surface area contributed by atoms with Crippen molar-refractivity contribution in [2.24, 2.45) is 0 Å². The third-order valence-electron chi connectivity index (χ3n) is 4.59. The second kappa shape index (κ2) is 7.24. The molecule has 0 amide bonds. The Morgan fingerprint density at radius 2 is 1.92 bits per heavy atom. The summed E-state index contributed by atoms with van der Waals surface area (Å²) < 4.78 is 2.25. The minimum absolute atomic E-state index is 0.652. The molecule has 2 heterocycles. The number of aromatic nitrogens is 2. The largest absolute Gasteiger partial charge is 0.341 e. The average molecular weight is 375 g/mol. The van der Waals surface area contributed by atoms with Crippen molar-refractivity contribution in [1.29, 1.82) is 0 Å². The summed E-state index contributed by atoms with van der Waals surface area (Å²) in [5.74, 6) is 1.00. The second-order valence-electron chi connectivity index (χ2n) is 6.31. The number of benzene rings is 2. The van der Waals surface area contributed by atoms with Crippen LogP contribution in [0.25, 0.3) is 11.0 Å². The highest BCUT2D eigenvalue weighted by Crippen LogP contribution is 2.28. The Labute approximate surface area is 157 Å². The molecule has 1 aliphatic heterocycles. The number of rotatable bonds is 3. The summed E-state index contributed by atoms with van der Waals surface area (Å²) in [6, 6.07) is 13.9. The highest BCUT2D eigenvalue weighted by molar-refractivity contribution is 6.33. The molecule has 130 valence electrons. The van der Waals surface area contributed by atoms with Gasteiger partial charge in [-0.3, -0.25) is 0 Å². The van der Waals surface area contributed by atoms with Crippen LogP contribution in [0.3, 0.4) is 0 Å². The van der Waals surface area contributed by atoms with Crippen molar-refractivity contribution in [3.63, 3.8) is 0 Å². The molecule has 0 atom stereocenters. The first-order valence-electron chi connectivity index (χ1n) is 8.57. The van der Waals surface area contributed by atoms with Gasteiger partial charge in [-0.25, -0.2) is 4.98 Å². The topological polar surface area (TPSA) is 33.1 Å². The van der Waals surface area contributed by atoms with Gasteiger partial charge in [0.05, 0.1) is 17.6 Å². The predicted octanol–water partition coefficient (Wildman–Crippen LogP) is 4.19. The molecule has 1 aromatic heterocycles. The van der Waals surface area contributed by atoms with E-state index in [0.717, 1.165) is 60.2 Å². The fourth-order valence-electron chi connectivity index (χ4n) is 3.34. The number of halogens is 2. The highest BCUT2D eigenvalue weighted by atomic mass is 35.5. The summed E-state index contributed by atoms with van der Waals surface area (Å²) in [6.45, 7) is 4.63. The van der Waals surface area contributed by atoms with Gasteiger partial charge in [0, 0.05) is 29.7 Å². The lowest BCUT2D eigenvalue weighted by Gasteiger charge is -2.23. The Bertz CT molecular complexity index is 882. The average Bonchev–Trinajstić information content (AvgIpc) is 2.80. The van der Waals surface area contributed by atoms with Crippen LogP contribution in [-0.2, 0) is 6.54 Å². The number of hydrogen-bond donors (Lipinski definition) is 1. The molecular weight excluding hydrogens is 355 g/mol. The van der Waals surface area contributed by atoms with Gasteiger partial charge in [0.15, 0.2) is 0 Å². The number of hydrogen-bond acceptors (Lipinski definition) is 3. The first-order chi connectivity index (χ1) is 12.2. The minimum atomic E-state index is 0.652. The smallest absolute Gasteiger partial charge is 0.206 e. The van der Waals surface area contributed by atoms with Crippen LogP contribution in [0, 0.1) is 0 Å². The van der Waals surface area contributed by atoms with Crippen molar-refractivity contribution in [2.75, 3.05) is 31.1 Å². The quantitative estimate of drug-likeness (QED) is 0.745. The van der Waals surface area contributed by atoms with E-state index in [4.69, 9.17) is 28.2 Å². The maximum atomic E-state index is 6.41. The van der Waals surface area contributed by atoms with Gasteiger partial charge >= 0.3 is 0 Å². The molecule has 6 heteroatoms. The number of imidazole rings is 1. The number of fused-ring (bicyclic) bond motifs is 1. The minimum Gasteiger partial charge on any atom is -0.341 e. The van der Waals surface area contributed by atoms with E-state index in [1.807, 2.05) is 30.3 Å². The summed E-state index contributed by atoms with van der Waals surface area (Å²) in [7, 11) is 0. The van der Waals surface area contributed by atoms with Gasteiger partial charge in [0.1, 0.15) is 0 Å². The summed E-state index contributed by atoms with van der Waals surface area (Å²) >= 11 is 12.6. The molecule has 0 aliphatic carbocycles. The van der Waals surface area contributed by atoms with Crippen molar-refractivity contribution >= 4 is 40.2 Å². The van der Waals surface area contributed by atoms with Gasteiger partial charge < -0.3 is 14.8 Å². The molecule has 0 bridgehead atoms. The van der Waals surface area contributed by atoms with Crippen molar-refractivity contribution < 1.29 is 0 Å². The van der Waals surface area contributed by atoms with Crippen LogP contribution >= 0.6 is 23.2 Å². The molecule has 3 aromatic rings. The fraction of sp³-hybridized carbons (Fsp3) is 0.316. The molecule has 2 aromatic carbocycles. The van der Waals surface area contributed by atoms with Crippen LogP contribution in [0.4, 0.5) is 5.95 Å². The Balaban J connectivity index is 1.80. The standard InChI is InChI=1S/C19H20Cl2N4/c20-15-6-7-16(21)14(12-15)13-25-18-5-2-1-4-17(18)23-19(25)24-10-3-8-22-9-11-24/h1-2,4-7,12,22H,3,8-11,13H2. The Kier molecular flexibility index (Phi) is 4.84. The van der Waals surface area contributed by atoms with E-state index in [1.165, 1.54) is 0 Å². The van der Waals surface area contributed by atoms with E-state index in [0.29, 0.717) is 11.6 Å². The Morgan fingerprint density at radius 1 is 1.04 bits per heavy atom. The van der Waals surface area contributed by atoms with Gasteiger partial charge in [-0.05, 0) is 48.9 Å². The number of nitrogens with one attached hydrogen (secondary N) is 1. The zero-order chi connectivity index (χ0) is 17.2. The van der Waals surface area contributed by atoms with Crippen LogP contribution in [0.2, 0.25) is 10.0 Å². The fourth-order valence-corrected chi connectivity index (χ4v) is 3.71. The van der Waals surface area contributed by atoms with Gasteiger partial charge in [0.25, 0.3) is 0 Å². The molecule has 0 saturated carbocycles. The van der Waals surface area contributed by atoms with E-state index in [-0.39, 0.29) is 0 Å². The number of nitrogens with zero attached hydrogens (tertiary/aromatic N) is 3.